The summed E-state index contributed by atoms with van der Waals surface area (Å²) in [4.78, 5) is 21.1. The normalized spacial score (nSPS) is 14.3. The maximum absolute atomic E-state index is 13.1. The summed E-state index contributed by atoms with van der Waals surface area (Å²) in [5, 5.41) is 7.61. The molecule has 1 saturated carbocycles. The Balaban J connectivity index is 1.28. The molecule has 0 saturated heterocycles. The fraction of sp³-hybridized carbons (Fsp3) is 0.167. The van der Waals surface area contributed by atoms with Gasteiger partial charge in [0.2, 0.25) is 11.9 Å². The van der Waals surface area contributed by atoms with Crippen LogP contribution < -0.4 is 10.0 Å². The highest BCUT2D eigenvalue weighted by molar-refractivity contribution is 7.92. The van der Waals surface area contributed by atoms with Gasteiger partial charge in [-0.25, -0.2) is 23.1 Å². The lowest BCUT2D eigenvalue weighted by Gasteiger charge is -2.13. The lowest BCUT2D eigenvalue weighted by Crippen LogP contribution is -2.28. The largest absolute Gasteiger partial charge is 0.356 e. The minimum absolute atomic E-state index is 0.0105. The van der Waals surface area contributed by atoms with Gasteiger partial charge in [0.1, 0.15) is 0 Å². The summed E-state index contributed by atoms with van der Waals surface area (Å²) >= 11 is 5.94. The number of nitrogens with zero attached hydrogens (tertiary/aromatic N) is 3. The summed E-state index contributed by atoms with van der Waals surface area (Å²) in [5.41, 5.74) is 1.70. The van der Waals surface area contributed by atoms with Crippen molar-refractivity contribution in [3.8, 4) is 11.3 Å². The molecule has 11 heteroatoms. The van der Waals surface area contributed by atoms with Crippen LogP contribution in [0, 0.1) is 6.92 Å². The Morgan fingerprint density at radius 1 is 1.06 bits per heavy atom. The van der Waals surface area contributed by atoms with E-state index in [4.69, 9.17) is 16.1 Å². The summed E-state index contributed by atoms with van der Waals surface area (Å²) in [6, 6.07) is 16.5. The predicted octanol–water partition coefficient (Wildman–Crippen LogP) is 4.56. The van der Waals surface area contributed by atoms with Crippen LogP contribution in [-0.2, 0) is 20.2 Å². The quantitative estimate of drug-likeness (QED) is 0.373. The first-order valence-corrected chi connectivity index (χ1v) is 12.6. The van der Waals surface area contributed by atoms with Crippen molar-refractivity contribution in [1.82, 2.24) is 15.1 Å². The van der Waals surface area contributed by atoms with E-state index in [0.29, 0.717) is 40.7 Å². The van der Waals surface area contributed by atoms with E-state index in [0.717, 1.165) is 5.56 Å². The maximum Gasteiger partial charge on any atom is 0.264 e. The summed E-state index contributed by atoms with van der Waals surface area (Å²) < 4.78 is 33.1. The lowest BCUT2D eigenvalue weighted by atomic mass is 10.00. The average molecular weight is 510 g/mol. The number of halogens is 1. The Kier molecular flexibility index (Phi) is 5.78. The maximum atomic E-state index is 13.1. The predicted molar refractivity (Wildman–Crippen MR) is 131 cm³/mol. The molecule has 0 bridgehead atoms. The van der Waals surface area contributed by atoms with Crippen molar-refractivity contribution in [3.63, 3.8) is 0 Å². The van der Waals surface area contributed by atoms with E-state index in [1.165, 1.54) is 30.5 Å². The van der Waals surface area contributed by atoms with Crippen molar-refractivity contribution in [3.05, 3.63) is 83.3 Å². The molecule has 2 heterocycles. The molecule has 0 aliphatic heterocycles. The van der Waals surface area contributed by atoms with Crippen LogP contribution in [0.15, 0.2) is 76.3 Å². The number of anilines is 2. The fourth-order valence-electron chi connectivity index (χ4n) is 3.62. The summed E-state index contributed by atoms with van der Waals surface area (Å²) in [7, 11) is -3.88. The molecule has 1 aliphatic rings. The topological polar surface area (TPSA) is 127 Å². The van der Waals surface area contributed by atoms with Crippen LogP contribution in [0.1, 0.15) is 24.2 Å². The first-order valence-electron chi connectivity index (χ1n) is 10.7. The molecule has 1 fully saturated rings. The molecule has 4 aromatic rings. The van der Waals surface area contributed by atoms with Gasteiger partial charge in [0.25, 0.3) is 10.0 Å². The third-order valence-electron chi connectivity index (χ3n) is 5.76. The van der Waals surface area contributed by atoms with Crippen molar-refractivity contribution in [2.75, 3.05) is 10.0 Å². The average Bonchev–Trinajstić information content (AvgIpc) is 3.50. The summed E-state index contributed by atoms with van der Waals surface area (Å²) in [5.74, 6) is 0.314. The Labute approximate surface area is 206 Å². The molecular formula is C24H20ClN5O4S. The Morgan fingerprint density at radius 3 is 2.43 bits per heavy atom. The Bertz CT molecular complexity index is 1500. The molecule has 0 unspecified atom stereocenters. The van der Waals surface area contributed by atoms with Gasteiger partial charge in [0.15, 0.2) is 5.76 Å². The highest BCUT2D eigenvalue weighted by Crippen LogP contribution is 2.49. The number of aryl methyl sites for hydroxylation is 1. The van der Waals surface area contributed by atoms with Crippen LogP contribution in [-0.4, -0.2) is 29.4 Å². The Morgan fingerprint density at radius 2 is 1.77 bits per heavy atom. The zero-order valence-electron chi connectivity index (χ0n) is 18.5. The van der Waals surface area contributed by atoms with Gasteiger partial charge in [-0.15, -0.1) is 0 Å². The molecule has 0 spiro atoms. The van der Waals surface area contributed by atoms with Gasteiger partial charge in [0, 0.05) is 34.2 Å². The summed E-state index contributed by atoms with van der Waals surface area (Å²) in [6.07, 6.45) is 2.75. The number of hydrogen-bond donors (Lipinski definition) is 2. The van der Waals surface area contributed by atoms with Gasteiger partial charge in [-0.3, -0.25) is 4.79 Å². The van der Waals surface area contributed by atoms with Crippen molar-refractivity contribution < 1.29 is 17.7 Å². The minimum atomic E-state index is -3.88. The highest BCUT2D eigenvalue weighted by atomic mass is 35.5. The summed E-state index contributed by atoms with van der Waals surface area (Å²) in [6.45, 7) is 1.74. The molecule has 5 rings (SSSR count). The van der Waals surface area contributed by atoms with Crippen molar-refractivity contribution in [1.29, 1.82) is 0 Å². The van der Waals surface area contributed by atoms with Crippen LogP contribution in [0.5, 0.6) is 0 Å². The molecular weight excluding hydrogens is 490 g/mol. The van der Waals surface area contributed by atoms with E-state index < -0.39 is 15.4 Å². The van der Waals surface area contributed by atoms with Gasteiger partial charge < -0.3 is 9.84 Å². The molecule has 0 atom stereocenters. The number of amides is 1. The monoisotopic (exact) mass is 509 g/mol. The second-order valence-corrected chi connectivity index (χ2v) is 10.4. The molecule has 9 nitrogen and oxygen atoms in total. The zero-order chi connectivity index (χ0) is 24.6. The molecule has 1 amide bonds. The van der Waals surface area contributed by atoms with Crippen LogP contribution in [0.3, 0.4) is 0 Å². The third-order valence-corrected chi connectivity index (χ3v) is 7.35. The standard InChI is InChI=1S/C24H20ClN5O4S/c1-15-10-13-26-23(27-15)30-35(32,33)19-8-6-18(7-9-19)28-22(31)24(11-12-24)21-14-20(34-29-21)16-2-4-17(25)5-3-16/h2-10,13-14H,11-12H2,1H3,(H,28,31)(H,26,27,30). The third kappa shape index (κ3) is 4.75. The first-order chi connectivity index (χ1) is 16.7. The molecule has 1 aliphatic carbocycles. The number of hydrogen-bond acceptors (Lipinski definition) is 7. The number of nitrogens with one attached hydrogen (secondary N) is 2. The molecule has 2 aromatic carbocycles. The molecule has 2 N–H and O–H groups in total. The van der Waals surface area contributed by atoms with Crippen molar-refractivity contribution in [2.45, 2.75) is 30.1 Å². The highest BCUT2D eigenvalue weighted by Gasteiger charge is 2.53. The fourth-order valence-corrected chi connectivity index (χ4v) is 4.70. The Hall–Kier alpha value is -3.76. The number of carbonyl (C=O) groups excluding carboxylic acids is 1. The zero-order valence-corrected chi connectivity index (χ0v) is 20.1. The van der Waals surface area contributed by atoms with E-state index in [1.807, 2.05) is 12.1 Å². The number of rotatable bonds is 7. The second kappa shape index (κ2) is 8.79. The smallest absolute Gasteiger partial charge is 0.264 e. The second-order valence-electron chi connectivity index (χ2n) is 8.27. The van der Waals surface area contributed by atoms with Crippen molar-refractivity contribution in [2.24, 2.45) is 0 Å². The van der Waals surface area contributed by atoms with Gasteiger partial charge in [-0.05, 0) is 74.4 Å². The van der Waals surface area contributed by atoms with E-state index in [2.05, 4.69) is 25.2 Å². The number of benzene rings is 2. The number of sulfonamides is 1. The van der Waals surface area contributed by atoms with Gasteiger partial charge >= 0.3 is 0 Å². The molecule has 2 aromatic heterocycles. The van der Waals surface area contributed by atoms with Gasteiger partial charge in [-0.1, -0.05) is 16.8 Å². The van der Waals surface area contributed by atoms with Crippen molar-refractivity contribution >= 4 is 39.2 Å². The molecule has 35 heavy (non-hydrogen) atoms. The van der Waals surface area contributed by atoms with E-state index in [9.17, 15) is 13.2 Å². The van der Waals surface area contributed by atoms with Crippen LogP contribution in [0.2, 0.25) is 5.02 Å². The van der Waals surface area contributed by atoms with E-state index >= 15 is 0 Å². The van der Waals surface area contributed by atoms with Crippen LogP contribution in [0.25, 0.3) is 11.3 Å². The molecule has 0 radical (unpaired) electrons. The van der Waals surface area contributed by atoms with Gasteiger partial charge in [0.05, 0.1) is 16.0 Å². The molecule has 178 valence electrons. The van der Waals surface area contributed by atoms with Crippen LogP contribution >= 0.6 is 11.6 Å². The van der Waals surface area contributed by atoms with E-state index in [1.54, 1.807) is 31.2 Å². The van der Waals surface area contributed by atoms with Crippen LogP contribution in [0.4, 0.5) is 11.6 Å². The van der Waals surface area contributed by atoms with Gasteiger partial charge in [-0.2, -0.15) is 0 Å². The SMILES string of the molecule is Cc1ccnc(NS(=O)(=O)c2ccc(NC(=O)C3(c4cc(-c5ccc(Cl)cc5)on4)CC3)cc2)n1. The van der Waals surface area contributed by atoms with E-state index in [-0.39, 0.29) is 16.8 Å². The lowest BCUT2D eigenvalue weighted by molar-refractivity contribution is -0.118. The number of aromatic nitrogens is 3. The minimum Gasteiger partial charge on any atom is -0.356 e. The number of carbonyl (C=O) groups is 1. The first kappa shape index (κ1) is 23.0.